The molecule has 10 heteroatoms. The van der Waals surface area contributed by atoms with Crippen LogP contribution in [-0.2, 0) is 21.3 Å². The molecule has 3 aromatic rings. The largest absolute Gasteiger partial charge is 0.379 e. The minimum absolute atomic E-state index is 0.0391. The second-order valence-corrected chi connectivity index (χ2v) is 11.1. The van der Waals surface area contributed by atoms with Gasteiger partial charge >= 0.3 is 0 Å². The van der Waals surface area contributed by atoms with Crippen molar-refractivity contribution in [1.82, 2.24) is 13.9 Å². The molecule has 0 amide bonds. The van der Waals surface area contributed by atoms with E-state index >= 15 is 0 Å². The Morgan fingerprint density at radius 2 is 1.97 bits per heavy atom. The first-order valence-corrected chi connectivity index (χ1v) is 13.1. The summed E-state index contributed by atoms with van der Waals surface area (Å²) in [6.45, 7) is 5.94. The van der Waals surface area contributed by atoms with E-state index in [1.165, 1.54) is 16.1 Å². The van der Waals surface area contributed by atoms with Gasteiger partial charge in [-0.25, -0.2) is 13.4 Å². The number of imidazole rings is 1. The number of aromatic nitrogens is 2. The minimum Gasteiger partial charge on any atom is -0.379 e. The van der Waals surface area contributed by atoms with Gasteiger partial charge in [0.05, 0.1) is 34.4 Å². The smallest absolute Gasteiger partial charge is 0.243 e. The average Bonchev–Trinajstić information content (AvgIpc) is 3.15. The van der Waals surface area contributed by atoms with Crippen LogP contribution in [0.5, 0.6) is 0 Å². The third-order valence-electron chi connectivity index (χ3n) is 5.37. The summed E-state index contributed by atoms with van der Waals surface area (Å²) < 4.78 is 34.7. The molecule has 1 aromatic heterocycles. The molecule has 1 aliphatic heterocycles. The molecule has 1 aliphatic rings. The van der Waals surface area contributed by atoms with Gasteiger partial charge in [-0.05, 0) is 44.2 Å². The molecule has 1 saturated heterocycles. The van der Waals surface area contributed by atoms with Crippen molar-refractivity contribution in [1.29, 1.82) is 0 Å². The lowest BCUT2D eigenvalue weighted by Crippen LogP contribution is -2.40. The summed E-state index contributed by atoms with van der Waals surface area (Å²) in [6, 6.07) is 11.9. The molecule has 1 atom stereocenters. The van der Waals surface area contributed by atoms with E-state index in [4.69, 9.17) is 16.3 Å². The number of hydrogen-bond donors (Lipinski definition) is 0. The zero-order chi connectivity index (χ0) is 22.9. The highest BCUT2D eigenvalue weighted by atomic mass is 35.5. The Hall–Kier alpha value is -1.91. The number of nitrogens with zero attached hydrogens (tertiary/aromatic N) is 3. The summed E-state index contributed by atoms with van der Waals surface area (Å²) in [4.78, 5) is 17.8. The first kappa shape index (κ1) is 23.3. The van der Waals surface area contributed by atoms with Gasteiger partial charge in [-0.1, -0.05) is 35.5 Å². The molecule has 4 rings (SSSR count). The van der Waals surface area contributed by atoms with Gasteiger partial charge in [-0.15, -0.1) is 0 Å². The van der Waals surface area contributed by atoms with Gasteiger partial charge in [0.1, 0.15) is 0 Å². The maximum Gasteiger partial charge on any atom is 0.243 e. The van der Waals surface area contributed by atoms with Gasteiger partial charge in [-0.2, -0.15) is 4.31 Å². The molecule has 0 N–H and O–H groups in total. The van der Waals surface area contributed by atoms with E-state index in [2.05, 4.69) is 4.98 Å². The highest BCUT2D eigenvalue weighted by Gasteiger charge is 2.27. The van der Waals surface area contributed by atoms with E-state index < -0.39 is 10.0 Å². The summed E-state index contributed by atoms with van der Waals surface area (Å²) >= 11 is 7.38. The Labute approximate surface area is 196 Å². The number of ketones is 1. The van der Waals surface area contributed by atoms with Crippen molar-refractivity contribution in [2.24, 2.45) is 0 Å². The SMILES string of the molecule is CCn1c(S[C@H](C)C(=O)c2cccc(Cl)c2)nc2cc(S(=O)(=O)N3CCOCC3)ccc21. The number of benzene rings is 2. The number of morpholine rings is 1. The highest BCUT2D eigenvalue weighted by molar-refractivity contribution is 8.00. The Kier molecular flexibility index (Phi) is 6.92. The maximum atomic E-state index is 13.0. The van der Waals surface area contributed by atoms with Gasteiger partial charge in [0.2, 0.25) is 10.0 Å². The fraction of sp³-hybridized carbons (Fsp3) is 0.364. The first-order valence-electron chi connectivity index (χ1n) is 10.4. The Morgan fingerprint density at radius 3 is 2.66 bits per heavy atom. The molecule has 32 heavy (non-hydrogen) atoms. The molecular formula is C22H24ClN3O4S2. The molecule has 1 fully saturated rings. The topological polar surface area (TPSA) is 81.5 Å². The number of thioether (sulfide) groups is 1. The van der Waals surface area contributed by atoms with Gasteiger partial charge < -0.3 is 9.30 Å². The molecule has 2 heterocycles. The molecule has 0 bridgehead atoms. The normalized spacial score (nSPS) is 16.3. The van der Waals surface area contributed by atoms with Crippen LogP contribution in [0.15, 0.2) is 52.5 Å². The third-order valence-corrected chi connectivity index (χ3v) is 8.59. The lowest BCUT2D eigenvalue weighted by Gasteiger charge is -2.26. The number of aryl methyl sites for hydroxylation is 1. The minimum atomic E-state index is -3.61. The van der Waals surface area contributed by atoms with Crippen molar-refractivity contribution in [2.45, 2.75) is 35.7 Å². The van der Waals surface area contributed by atoms with Crippen LogP contribution in [0.4, 0.5) is 0 Å². The van der Waals surface area contributed by atoms with Gasteiger partial charge in [0.25, 0.3) is 0 Å². The summed E-state index contributed by atoms with van der Waals surface area (Å²) in [5.74, 6) is -0.0391. The van der Waals surface area contributed by atoms with Crippen LogP contribution in [0.1, 0.15) is 24.2 Å². The third kappa shape index (κ3) is 4.58. The van der Waals surface area contributed by atoms with E-state index in [9.17, 15) is 13.2 Å². The first-order chi connectivity index (χ1) is 15.3. The number of carbonyl (C=O) groups excluding carboxylic acids is 1. The van der Waals surface area contributed by atoms with Crippen LogP contribution in [0, 0.1) is 0 Å². The fourth-order valence-electron chi connectivity index (χ4n) is 3.67. The van der Waals surface area contributed by atoms with Crippen LogP contribution in [0.2, 0.25) is 5.02 Å². The Morgan fingerprint density at radius 1 is 1.22 bits per heavy atom. The molecule has 2 aromatic carbocycles. The molecule has 170 valence electrons. The molecule has 7 nitrogen and oxygen atoms in total. The number of hydrogen-bond acceptors (Lipinski definition) is 6. The van der Waals surface area contributed by atoms with Gasteiger partial charge in [0.15, 0.2) is 10.9 Å². The molecule has 0 aliphatic carbocycles. The molecule has 0 saturated carbocycles. The predicted octanol–water partition coefficient (Wildman–Crippen LogP) is 4.09. The average molecular weight is 494 g/mol. The van der Waals surface area contributed by atoms with E-state index in [-0.39, 0.29) is 15.9 Å². The Balaban J connectivity index is 1.63. The van der Waals surface area contributed by atoms with Crippen molar-refractivity contribution < 1.29 is 17.9 Å². The van der Waals surface area contributed by atoms with Crippen LogP contribution >= 0.6 is 23.4 Å². The van der Waals surface area contributed by atoms with E-state index in [0.717, 1.165) is 5.52 Å². The van der Waals surface area contributed by atoms with Crippen molar-refractivity contribution in [3.05, 3.63) is 53.1 Å². The second-order valence-electron chi connectivity index (χ2n) is 7.44. The number of rotatable bonds is 7. The zero-order valence-electron chi connectivity index (χ0n) is 17.8. The van der Waals surface area contributed by atoms with E-state index in [1.807, 2.05) is 18.4 Å². The zero-order valence-corrected chi connectivity index (χ0v) is 20.2. The lowest BCUT2D eigenvalue weighted by atomic mass is 10.1. The van der Waals surface area contributed by atoms with Gasteiger partial charge in [-0.3, -0.25) is 4.79 Å². The van der Waals surface area contributed by atoms with Crippen LogP contribution < -0.4 is 0 Å². The summed E-state index contributed by atoms with van der Waals surface area (Å²) in [6.07, 6.45) is 0. The highest BCUT2D eigenvalue weighted by Crippen LogP contribution is 2.31. The van der Waals surface area contributed by atoms with Crippen molar-refractivity contribution in [2.75, 3.05) is 26.3 Å². The molecule has 0 radical (unpaired) electrons. The number of ether oxygens (including phenoxy) is 1. The Bertz CT molecular complexity index is 1250. The van der Waals surface area contributed by atoms with Crippen LogP contribution in [-0.4, -0.2) is 59.6 Å². The number of halogens is 1. The summed E-state index contributed by atoms with van der Waals surface area (Å²) in [5, 5.41) is 0.807. The standard InChI is InChI=1S/C22H24ClN3O4S2/c1-3-26-20-8-7-18(32(28,29)25-9-11-30-12-10-25)14-19(20)24-22(26)31-15(2)21(27)16-5-4-6-17(23)13-16/h4-8,13-15H,3,9-12H2,1-2H3/t15-/m1/s1. The second kappa shape index (κ2) is 9.52. The van der Waals surface area contributed by atoms with Crippen molar-refractivity contribution in [3.8, 4) is 0 Å². The van der Waals surface area contributed by atoms with Crippen molar-refractivity contribution >= 4 is 50.2 Å². The van der Waals surface area contributed by atoms with Gasteiger partial charge in [0, 0.05) is 30.2 Å². The maximum absolute atomic E-state index is 13.0. The summed E-state index contributed by atoms with van der Waals surface area (Å²) in [5.41, 5.74) is 1.97. The summed E-state index contributed by atoms with van der Waals surface area (Å²) in [7, 11) is -3.61. The monoisotopic (exact) mass is 493 g/mol. The van der Waals surface area contributed by atoms with Crippen LogP contribution in [0.25, 0.3) is 11.0 Å². The lowest BCUT2D eigenvalue weighted by molar-refractivity contribution is 0.0730. The number of fused-ring (bicyclic) bond motifs is 1. The quantitative estimate of drug-likeness (QED) is 0.364. The molecular weight excluding hydrogens is 470 g/mol. The molecule has 0 spiro atoms. The van der Waals surface area contributed by atoms with Crippen molar-refractivity contribution in [3.63, 3.8) is 0 Å². The number of Topliss-reactive ketones (excluding diaryl/α,β-unsaturated/α-hetero) is 1. The fourth-order valence-corrected chi connectivity index (χ4v) is 6.35. The van der Waals surface area contributed by atoms with E-state index in [0.29, 0.717) is 54.1 Å². The molecule has 0 unspecified atom stereocenters. The number of sulfonamides is 1. The van der Waals surface area contributed by atoms with Crippen LogP contribution in [0.3, 0.4) is 0 Å². The van der Waals surface area contributed by atoms with E-state index in [1.54, 1.807) is 42.5 Å². The number of carbonyl (C=O) groups is 1. The predicted molar refractivity (Wildman–Crippen MR) is 126 cm³/mol.